The van der Waals surface area contributed by atoms with Crippen LogP contribution in [0.2, 0.25) is 0 Å². The smallest absolute Gasteiger partial charge is 0.236 e. The molecule has 1 aromatic carbocycles. The third kappa shape index (κ3) is 3.82. The van der Waals surface area contributed by atoms with E-state index in [2.05, 4.69) is 15.9 Å². The Hall–Kier alpha value is -0.330. The first kappa shape index (κ1) is 13.1. The van der Waals surface area contributed by atoms with Gasteiger partial charge in [0.1, 0.15) is 11.6 Å². The first-order valence-corrected chi connectivity index (χ1v) is 8.19. The normalized spacial score (nSPS) is 15.9. The topological polar surface area (TPSA) is 43.4 Å². The molecule has 1 aromatic rings. The van der Waals surface area contributed by atoms with Crippen LogP contribution in [0.4, 0.5) is 4.39 Å². The van der Waals surface area contributed by atoms with Gasteiger partial charge in [-0.3, -0.25) is 0 Å². The zero-order chi connectivity index (χ0) is 12.6. The van der Waals surface area contributed by atoms with Gasteiger partial charge in [0.15, 0.2) is 0 Å². The summed E-state index contributed by atoms with van der Waals surface area (Å²) in [4.78, 5) is 0. The standard InChI is InChI=1S/C10H9BrClFO3S/c11-9-4-7(13)3-6(5-17(12,14)15)10(9)16-8-1-2-8/h3-4,8H,1-2,5H2. The van der Waals surface area contributed by atoms with Gasteiger partial charge in [0, 0.05) is 16.2 Å². The van der Waals surface area contributed by atoms with Crippen LogP contribution in [-0.4, -0.2) is 14.5 Å². The molecule has 0 radical (unpaired) electrons. The van der Waals surface area contributed by atoms with E-state index in [1.54, 1.807) is 0 Å². The molecule has 0 amide bonds. The molecular weight excluding hydrogens is 335 g/mol. The molecule has 0 spiro atoms. The molecular formula is C10H9BrClFO3S. The highest BCUT2D eigenvalue weighted by molar-refractivity contribution is 9.10. The number of ether oxygens (including phenoxy) is 1. The van der Waals surface area contributed by atoms with Gasteiger partial charge in [-0.1, -0.05) is 0 Å². The number of hydrogen-bond donors (Lipinski definition) is 0. The molecule has 0 aliphatic heterocycles. The van der Waals surface area contributed by atoms with E-state index in [4.69, 9.17) is 15.4 Å². The second-order valence-electron chi connectivity index (χ2n) is 3.88. The summed E-state index contributed by atoms with van der Waals surface area (Å²) in [6.45, 7) is 0. The van der Waals surface area contributed by atoms with Crippen molar-refractivity contribution >= 4 is 35.7 Å². The second kappa shape index (κ2) is 4.74. The molecule has 17 heavy (non-hydrogen) atoms. The summed E-state index contributed by atoms with van der Waals surface area (Å²) in [6, 6.07) is 2.37. The minimum absolute atomic E-state index is 0.0912. The quantitative estimate of drug-likeness (QED) is 0.789. The van der Waals surface area contributed by atoms with Gasteiger partial charge >= 0.3 is 0 Å². The van der Waals surface area contributed by atoms with Crippen molar-refractivity contribution in [2.75, 3.05) is 0 Å². The summed E-state index contributed by atoms with van der Waals surface area (Å²) < 4.78 is 41.3. The van der Waals surface area contributed by atoms with Crippen molar-refractivity contribution in [1.29, 1.82) is 0 Å². The lowest BCUT2D eigenvalue weighted by molar-refractivity contribution is 0.298. The minimum atomic E-state index is -3.74. The molecule has 0 unspecified atom stereocenters. The molecule has 7 heteroatoms. The summed E-state index contributed by atoms with van der Waals surface area (Å²) in [5, 5.41) is 0. The van der Waals surface area contributed by atoms with Crippen LogP contribution in [-0.2, 0) is 14.8 Å². The maximum absolute atomic E-state index is 13.2. The number of hydrogen-bond acceptors (Lipinski definition) is 3. The monoisotopic (exact) mass is 342 g/mol. The molecule has 0 bridgehead atoms. The van der Waals surface area contributed by atoms with Gasteiger partial charge in [-0.05, 0) is 40.9 Å². The van der Waals surface area contributed by atoms with E-state index in [0.717, 1.165) is 18.9 Å². The van der Waals surface area contributed by atoms with Gasteiger partial charge in [0.25, 0.3) is 0 Å². The predicted octanol–water partition coefficient (Wildman–Crippen LogP) is 3.20. The average molecular weight is 344 g/mol. The Morgan fingerprint density at radius 2 is 2.12 bits per heavy atom. The van der Waals surface area contributed by atoms with Gasteiger partial charge < -0.3 is 4.74 Å². The molecule has 94 valence electrons. The minimum Gasteiger partial charge on any atom is -0.489 e. The predicted molar refractivity (Wildman–Crippen MR) is 66.2 cm³/mol. The summed E-state index contributed by atoms with van der Waals surface area (Å²) in [7, 11) is 1.43. The zero-order valence-corrected chi connectivity index (χ0v) is 11.8. The molecule has 0 atom stereocenters. The van der Waals surface area contributed by atoms with E-state index in [9.17, 15) is 12.8 Å². The van der Waals surface area contributed by atoms with Crippen molar-refractivity contribution in [2.24, 2.45) is 0 Å². The second-order valence-corrected chi connectivity index (χ2v) is 7.51. The summed E-state index contributed by atoms with van der Waals surface area (Å²) in [6.07, 6.45) is 1.95. The third-order valence-electron chi connectivity index (χ3n) is 2.22. The lowest BCUT2D eigenvalue weighted by Crippen LogP contribution is -2.04. The molecule has 1 aliphatic rings. The van der Waals surface area contributed by atoms with Crippen LogP contribution in [0.25, 0.3) is 0 Å². The van der Waals surface area contributed by atoms with Crippen LogP contribution >= 0.6 is 26.6 Å². The number of benzene rings is 1. The van der Waals surface area contributed by atoms with E-state index >= 15 is 0 Å². The Bertz CT molecular complexity index is 543. The summed E-state index contributed by atoms with van der Waals surface area (Å²) in [5.41, 5.74) is 0.235. The van der Waals surface area contributed by atoms with Crippen molar-refractivity contribution in [1.82, 2.24) is 0 Å². The van der Waals surface area contributed by atoms with Crippen molar-refractivity contribution in [3.05, 3.63) is 28.0 Å². The van der Waals surface area contributed by atoms with E-state index in [0.29, 0.717) is 10.2 Å². The highest BCUT2D eigenvalue weighted by Crippen LogP contribution is 2.36. The Kier molecular flexibility index (Phi) is 3.66. The first-order valence-electron chi connectivity index (χ1n) is 4.92. The van der Waals surface area contributed by atoms with Gasteiger partial charge in [-0.25, -0.2) is 12.8 Å². The molecule has 0 heterocycles. The molecule has 1 fully saturated rings. The van der Waals surface area contributed by atoms with Crippen LogP contribution in [0.15, 0.2) is 16.6 Å². The fraction of sp³-hybridized carbons (Fsp3) is 0.400. The van der Waals surface area contributed by atoms with E-state index in [-0.39, 0.29) is 11.7 Å². The van der Waals surface area contributed by atoms with E-state index in [1.165, 1.54) is 6.07 Å². The SMILES string of the molecule is O=S(=O)(Cl)Cc1cc(F)cc(Br)c1OC1CC1. The molecule has 2 rings (SSSR count). The van der Waals surface area contributed by atoms with Crippen LogP contribution in [0, 0.1) is 5.82 Å². The van der Waals surface area contributed by atoms with Gasteiger partial charge in [0.2, 0.25) is 9.05 Å². The maximum atomic E-state index is 13.2. The fourth-order valence-electron chi connectivity index (χ4n) is 1.39. The largest absolute Gasteiger partial charge is 0.489 e. The van der Waals surface area contributed by atoms with Crippen molar-refractivity contribution < 1.29 is 17.5 Å². The van der Waals surface area contributed by atoms with Crippen molar-refractivity contribution in [3.8, 4) is 5.75 Å². The Balaban J connectivity index is 2.38. The van der Waals surface area contributed by atoms with E-state index < -0.39 is 20.6 Å². The van der Waals surface area contributed by atoms with Crippen LogP contribution in [0.1, 0.15) is 18.4 Å². The van der Waals surface area contributed by atoms with Crippen LogP contribution < -0.4 is 4.74 Å². The van der Waals surface area contributed by atoms with Crippen LogP contribution in [0.3, 0.4) is 0 Å². The summed E-state index contributed by atoms with van der Waals surface area (Å²) in [5.74, 6) is -0.624. The van der Waals surface area contributed by atoms with E-state index in [1.807, 2.05) is 0 Å². The number of halogens is 3. The third-order valence-corrected chi connectivity index (χ3v) is 3.79. The lowest BCUT2D eigenvalue weighted by Gasteiger charge is -2.12. The molecule has 1 saturated carbocycles. The molecule has 0 saturated heterocycles. The molecule has 3 nitrogen and oxygen atoms in total. The van der Waals surface area contributed by atoms with Crippen LogP contribution in [0.5, 0.6) is 5.75 Å². The highest BCUT2D eigenvalue weighted by Gasteiger charge is 2.27. The van der Waals surface area contributed by atoms with Crippen molar-refractivity contribution in [3.63, 3.8) is 0 Å². The maximum Gasteiger partial charge on any atom is 0.236 e. The van der Waals surface area contributed by atoms with Gasteiger partial charge in [-0.2, -0.15) is 0 Å². The highest BCUT2D eigenvalue weighted by atomic mass is 79.9. The Morgan fingerprint density at radius 3 is 2.65 bits per heavy atom. The van der Waals surface area contributed by atoms with Gasteiger partial charge in [0.05, 0.1) is 16.3 Å². The Morgan fingerprint density at radius 1 is 1.47 bits per heavy atom. The average Bonchev–Trinajstić information content (AvgIpc) is 2.91. The number of rotatable bonds is 4. The Labute approximate surface area is 111 Å². The lowest BCUT2D eigenvalue weighted by atomic mass is 10.2. The summed E-state index contributed by atoms with van der Waals surface area (Å²) >= 11 is 3.16. The fourth-order valence-corrected chi connectivity index (χ4v) is 2.90. The van der Waals surface area contributed by atoms with Crippen molar-refractivity contribution in [2.45, 2.75) is 24.7 Å². The van der Waals surface area contributed by atoms with Gasteiger partial charge in [-0.15, -0.1) is 0 Å². The first-order chi connectivity index (χ1) is 7.85. The molecule has 1 aliphatic carbocycles. The molecule has 0 aromatic heterocycles. The molecule has 0 N–H and O–H groups in total. The zero-order valence-electron chi connectivity index (χ0n) is 8.62.